The maximum Gasteiger partial charge on any atom is 0.272 e. The number of anilines is 1. The fraction of sp³-hybridized carbons (Fsp3) is 0.190. The molecule has 1 atom stereocenters. The first-order chi connectivity index (χ1) is 14.0. The molecule has 0 radical (unpaired) electrons. The molecule has 8 nitrogen and oxygen atoms in total. The van der Waals surface area contributed by atoms with Crippen LogP contribution in [0, 0.1) is 5.41 Å². The molecule has 0 bridgehead atoms. The molecule has 0 aliphatic rings. The smallest absolute Gasteiger partial charge is 0.272 e. The number of aromatic nitrogens is 2. The fourth-order valence-corrected chi connectivity index (χ4v) is 2.83. The minimum Gasteiger partial charge on any atom is -0.399 e. The molecule has 3 aromatic rings. The topological polar surface area (TPSA) is 132 Å². The zero-order chi connectivity index (χ0) is 20.8. The number of nitrogens with two attached hydrogens (primary N) is 2. The van der Waals surface area contributed by atoms with Gasteiger partial charge in [-0.25, -0.2) is 4.68 Å². The summed E-state index contributed by atoms with van der Waals surface area (Å²) >= 11 is 0. The van der Waals surface area contributed by atoms with Crippen LogP contribution >= 0.6 is 0 Å². The Balaban J connectivity index is 1.70. The SMILES string of the molecule is CCOC(C(=O)NCc1ccc(C(=N)N)cc1)n1ccc(-c2cccc(N)c2)n1. The molecule has 6 N–H and O–H groups in total. The van der Waals surface area contributed by atoms with Crippen LogP contribution in [0.4, 0.5) is 5.69 Å². The highest BCUT2D eigenvalue weighted by molar-refractivity contribution is 5.94. The Morgan fingerprint density at radius 3 is 2.66 bits per heavy atom. The van der Waals surface area contributed by atoms with Crippen molar-refractivity contribution in [2.24, 2.45) is 5.73 Å². The Labute approximate surface area is 169 Å². The van der Waals surface area contributed by atoms with Crippen LogP contribution in [0.2, 0.25) is 0 Å². The summed E-state index contributed by atoms with van der Waals surface area (Å²) in [5.74, 6) is -0.295. The number of carbonyl (C=O) groups is 1. The Bertz CT molecular complexity index is 996. The van der Waals surface area contributed by atoms with Crippen LogP contribution in [0.3, 0.4) is 0 Å². The normalized spacial score (nSPS) is 11.8. The number of hydrogen-bond acceptors (Lipinski definition) is 5. The lowest BCUT2D eigenvalue weighted by Gasteiger charge is -2.17. The van der Waals surface area contributed by atoms with Gasteiger partial charge in [-0.1, -0.05) is 36.4 Å². The summed E-state index contributed by atoms with van der Waals surface area (Å²) in [6, 6.07) is 16.3. The van der Waals surface area contributed by atoms with Crippen molar-refractivity contribution in [3.63, 3.8) is 0 Å². The third kappa shape index (κ3) is 4.99. The number of rotatable bonds is 8. The van der Waals surface area contributed by atoms with E-state index in [1.165, 1.54) is 4.68 Å². The molecule has 0 aliphatic carbocycles. The highest BCUT2D eigenvalue weighted by Crippen LogP contribution is 2.21. The summed E-state index contributed by atoms with van der Waals surface area (Å²) in [4.78, 5) is 12.7. The van der Waals surface area contributed by atoms with E-state index in [0.29, 0.717) is 30.1 Å². The van der Waals surface area contributed by atoms with Gasteiger partial charge in [0.05, 0.1) is 5.69 Å². The lowest BCUT2D eigenvalue weighted by Crippen LogP contribution is -2.34. The highest BCUT2D eigenvalue weighted by Gasteiger charge is 2.21. The summed E-state index contributed by atoms with van der Waals surface area (Å²) in [6.07, 6.45) is 0.825. The standard InChI is InChI=1S/C21H24N6O2/c1-2-29-21(20(28)25-13-14-6-8-15(9-7-14)19(23)24)27-11-10-18(26-27)16-4-3-5-17(22)12-16/h3-12,21H,2,13,22H2,1H3,(H3,23,24)(H,25,28). The van der Waals surface area contributed by atoms with Gasteiger partial charge in [-0.15, -0.1) is 0 Å². The molecule has 29 heavy (non-hydrogen) atoms. The van der Waals surface area contributed by atoms with Gasteiger partial charge in [0.2, 0.25) is 6.23 Å². The molecule has 0 aliphatic heterocycles. The van der Waals surface area contributed by atoms with Crippen LogP contribution in [-0.2, 0) is 16.1 Å². The van der Waals surface area contributed by atoms with Crippen molar-refractivity contribution in [2.45, 2.75) is 19.7 Å². The number of amides is 1. The van der Waals surface area contributed by atoms with Gasteiger partial charge in [-0.05, 0) is 30.7 Å². The maximum absolute atomic E-state index is 12.7. The second kappa shape index (κ2) is 9.03. The van der Waals surface area contributed by atoms with Crippen LogP contribution in [0.1, 0.15) is 24.3 Å². The van der Waals surface area contributed by atoms with Gasteiger partial charge in [0.1, 0.15) is 5.84 Å². The maximum atomic E-state index is 12.7. The largest absolute Gasteiger partial charge is 0.399 e. The molecule has 2 aromatic carbocycles. The van der Waals surface area contributed by atoms with Gasteiger partial charge in [0.25, 0.3) is 5.91 Å². The number of ether oxygens (including phenoxy) is 1. The summed E-state index contributed by atoms with van der Waals surface area (Å²) in [5, 5.41) is 14.8. The first-order valence-electron chi connectivity index (χ1n) is 9.21. The van der Waals surface area contributed by atoms with Crippen molar-refractivity contribution in [3.8, 4) is 11.3 Å². The van der Waals surface area contributed by atoms with Gasteiger partial charge in [-0.3, -0.25) is 10.2 Å². The predicted octanol–water partition coefficient (Wildman–Crippen LogP) is 2.27. The molecule has 150 valence electrons. The molecule has 1 aromatic heterocycles. The summed E-state index contributed by atoms with van der Waals surface area (Å²) in [7, 11) is 0. The molecule has 0 saturated heterocycles. The van der Waals surface area contributed by atoms with E-state index < -0.39 is 6.23 Å². The van der Waals surface area contributed by atoms with Gasteiger partial charge in [0, 0.05) is 36.2 Å². The zero-order valence-corrected chi connectivity index (χ0v) is 16.1. The van der Waals surface area contributed by atoms with Crippen molar-refractivity contribution in [1.82, 2.24) is 15.1 Å². The Morgan fingerprint density at radius 1 is 1.24 bits per heavy atom. The average Bonchev–Trinajstić information content (AvgIpc) is 3.20. The third-order valence-corrected chi connectivity index (χ3v) is 4.31. The average molecular weight is 392 g/mol. The van der Waals surface area contributed by atoms with Crippen molar-refractivity contribution in [2.75, 3.05) is 12.3 Å². The van der Waals surface area contributed by atoms with Crippen LogP contribution < -0.4 is 16.8 Å². The molecule has 1 amide bonds. The second-order valence-electron chi connectivity index (χ2n) is 6.44. The third-order valence-electron chi connectivity index (χ3n) is 4.31. The number of nitrogens with zero attached hydrogens (tertiary/aromatic N) is 2. The predicted molar refractivity (Wildman–Crippen MR) is 112 cm³/mol. The first kappa shape index (κ1) is 20.1. The molecule has 0 fully saturated rings. The molecule has 8 heteroatoms. The van der Waals surface area contributed by atoms with Crippen LogP contribution in [0.5, 0.6) is 0 Å². The minimum atomic E-state index is -0.883. The lowest BCUT2D eigenvalue weighted by molar-refractivity contribution is -0.139. The van der Waals surface area contributed by atoms with E-state index in [2.05, 4.69) is 10.4 Å². The van der Waals surface area contributed by atoms with Crippen molar-refractivity contribution in [3.05, 3.63) is 71.9 Å². The Kier molecular flexibility index (Phi) is 6.25. The number of carbonyl (C=O) groups excluding carboxylic acids is 1. The van der Waals surface area contributed by atoms with Gasteiger partial charge < -0.3 is 21.5 Å². The molecule has 3 rings (SSSR count). The number of amidine groups is 1. The van der Waals surface area contributed by atoms with E-state index in [4.69, 9.17) is 21.6 Å². The summed E-state index contributed by atoms with van der Waals surface area (Å²) in [6.45, 7) is 2.51. The van der Waals surface area contributed by atoms with Crippen molar-refractivity contribution >= 4 is 17.4 Å². The quantitative estimate of drug-likeness (QED) is 0.265. The number of hydrogen-bond donors (Lipinski definition) is 4. The number of benzene rings is 2. The van der Waals surface area contributed by atoms with E-state index in [9.17, 15) is 4.79 Å². The Hall–Kier alpha value is -3.65. The molecular weight excluding hydrogens is 368 g/mol. The van der Waals surface area contributed by atoms with Crippen molar-refractivity contribution in [1.29, 1.82) is 5.41 Å². The molecule has 1 heterocycles. The lowest BCUT2D eigenvalue weighted by atomic mass is 10.1. The molecular formula is C21H24N6O2. The van der Waals surface area contributed by atoms with Crippen LogP contribution in [0.25, 0.3) is 11.3 Å². The van der Waals surface area contributed by atoms with Gasteiger partial charge in [0.15, 0.2) is 0 Å². The number of nitrogen functional groups attached to an aromatic ring is 2. The molecule has 1 unspecified atom stereocenters. The Morgan fingerprint density at radius 2 is 2.00 bits per heavy atom. The first-order valence-corrected chi connectivity index (χ1v) is 9.21. The summed E-state index contributed by atoms with van der Waals surface area (Å²) in [5.41, 5.74) is 15.0. The molecule has 0 saturated carbocycles. The van der Waals surface area contributed by atoms with Crippen LogP contribution in [-0.4, -0.2) is 28.1 Å². The van der Waals surface area contributed by atoms with E-state index in [1.807, 2.05) is 43.3 Å². The van der Waals surface area contributed by atoms with Crippen LogP contribution in [0.15, 0.2) is 60.8 Å². The van der Waals surface area contributed by atoms with Crippen molar-refractivity contribution < 1.29 is 9.53 Å². The zero-order valence-electron chi connectivity index (χ0n) is 16.1. The van der Waals surface area contributed by atoms with E-state index >= 15 is 0 Å². The van der Waals surface area contributed by atoms with E-state index in [-0.39, 0.29) is 11.7 Å². The second-order valence-corrected chi connectivity index (χ2v) is 6.44. The van der Waals surface area contributed by atoms with E-state index in [1.54, 1.807) is 24.4 Å². The number of nitrogens with one attached hydrogen (secondary N) is 2. The van der Waals surface area contributed by atoms with Gasteiger partial charge >= 0.3 is 0 Å². The highest BCUT2D eigenvalue weighted by atomic mass is 16.5. The summed E-state index contributed by atoms with van der Waals surface area (Å²) < 4.78 is 7.12. The molecule has 0 spiro atoms. The van der Waals surface area contributed by atoms with Gasteiger partial charge in [-0.2, -0.15) is 5.10 Å². The minimum absolute atomic E-state index is 0.00616. The monoisotopic (exact) mass is 392 g/mol. The van der Waals surface area contributed by atoms with E-state index in [0.717, 1.165) is 11.1 Å². The fourth-order valence-electron chi connectivity index (χ4n) is 2.83.